The summed E-state index contributed by atoms with van der Waals surface area (Å²) >= 11 is 7.08. The SMILES string of the molecule is CCCCCCc1ccsc1C#Cc1ccnc(-c2cc(OC=O)cc(-c3cc(OC=O)ccn3)n2)c1.C[Si](C)(C)c1ccc(-c2ccnc(-c3cc(C(F)(F)F)n[n-]3)c2)s1.[N-]=C=S.[Ru+2]. The Hall–Kier alpha value is -5.86. The number of isothiocyanates is 1. The van der Waals surface area contributed by atoms with E-state index in [2.05, 4.69) is 104 Å². The number of unbranched alkanes of at least 4 members (excludes halogenated alkanes) is 3. The standard InChI is InChI=1S/C29H25N3O4S.C16H15F3N3SSi.CNS.Ru/c1-2-3-4-5-6-22-11-14-37-29(22)8-7-21-9-12-30-25(15-21)27-17-24(36-20-34)18-28(32-27)26-16-23(35-19-33)10-13-31-26;1-24(2,3)15-5-4-13(23-15)10-6-7-20-11(8-10)12-9-14(22-21-12)16(17,18)19;2-1-3;/h9-20H,2-6H2,1H3;4-9H,1-3H3;;/q;2*-1;+2. The summed E-state index contributed by atoms with van der Waals surface area (Å²) in [6, 6.07) is 20.9. The molecule has 0 spiro atoms. The zero-order valence-electron chi connectivity index (χ0n) is 35.4. The number of hydrogen-bond acceptors (Lipinski definition) is 12. The minimum atomic E-state index is -4.50. The third-order valence-electron chi connectivity index (χ3n) is 9.03. The summed E-state index contributed by atoms with van der Waals surface area (Å²) in [6.45, 7) is 9.73. The third kappa shape index (κ3) is 15.4. The van der Waals surface area contributed by atoms with Crippen LogP contribution in [0.25, 0.3) is 50.0 Å². The van der Waals surface area contributed by atoms with Crippen molar-refractivity contribution in [2.75, 3.05) is 0 Å². The van der Waals surface area contributed by atoms with Crippen LogP contribution in [0.15, 0.2) is 96.8 Å². The Kier molecular flexibility index (Phi) is 19.9. The number of aromatic nitrogens is 6. The van der Waals surface area contributed by atoms with Gasteiger partial charge < -0.3 is 25.1 Å². The largest absolute Gasteiger partial charge is 2.00 e. The Bertz CT molecular complexity index is 2710. The Morgan fingerprint density at radius 1 is 0.800 bits per heavy atom. The zero-order valence-corrected chi connectivity index (χ0v) is 40.6. The van der Waals surface area contributed by atoms with Gasteiger partial charge in [0.1, 0.15) is 17.2 Å². The maximum atomic E-state index is 12.7. The van der Waals surface area contributed by atoms with Crippen molar-refractivity contribution in [1.29, 1.82) is 0 Å². The van der Waals surface area contributed by atoms with E-state index in [0.29, 0.717) is 47.2 Å². The zero-order chi connectivity index (χ0) is 46.1. The number of halogens is 3. The fraction of sp³-hybridized carbons (Fsp3) is 0.217. The van der Waals surface area contributed by atoms with Crippen LogP contribution in [-0.4, -0.2) is 51.2 Å². The van der Waals surface area contributed by atoms with Crippen LogP contribution in [-0.2, 0) is 41.7 Å². The van der Waals surface area contributed by atoms with Crippen molar-refractivity contribution in [3.63, 3.8) is 0 Å². The predicted octanol–water partition coefficient (Wildman–Crippen LogP) is 10.9. The van der Waals surface area contributed by atoms with Crippen LogP contribution in [0.5, 0.6) is 11.5 Å². The van der Waals surface area contributed by atoms with Crippen molar-refractivity contribution in [3.05, 3.63) is 124 Å². The molecule has 0 radical (unpaired) electrons. The minimum absolute atomic E-state index is 0. The van der Waals surface area contributed by atoms with Crippen molar-refractivity contribution < 1.29 is 51.7 Å². The molecule has 0 saturated carbocycles. The fourth-order valence-corrected chi connectivity index (χ4v) is 9.60. The maximum Gasteiger partial charge on any atom is 2.00 e. The first-order valence-corrected chi connectivity index (χ1v) is 25.3. The van der Waals surface area contributed by atoms with Crippen molar-refractivity contribution in [3.8, 4) is 67.9 Å². The van der Waals surface area contributed by atoms with Crippen molar-refractivity contribution in [2.24, 2.45) is 0 Å². The summed E-state index contributed by atoms with van der Waals surface area (Å²) < 4.78 is 49.4. The van der Waals surface area contributed by atoms with Gasteiger partial charge in [0.05, 0.1) is 41.4 Å². The van der Waals surface area contributed by atoms with E-state index >= 15 is 0 Å². The van der Waals surface area contributed by atoms with E-state index in [-0.39, 0.29) is 30.9 Å². The molecule has 0 aromatic carbocycles. The molecule has 334 valence electrons. The molecule has 7 rings (SSSR count). The van der Waals surface area contributed by atoms with Crippen LogP contribution in [0.3, 0.4) is 0 Å². The number of thiocarbonyl (C=S) groups is 1. The summed E-state index contributed by atoms with van der Waals surface area (Å²) in [4.78, 5) is 41.4. The predicted molar refractivity (Wildman–Crippen MR) is 250 cm³/mol. The van der Waals surface area contributed by atoms with Gasteiger partial charge in [0.15, 0.2) is 0 Å². The molecular formula is C46H40F3N7O4RuS3Si. The Morgan fingerprint density at radius 3 is 2.09 bits per heavy atom. The van der Waals surface area contributed by atoms with Gasteiger partial charge in [-0.3, -0.25) is 24.5 Å². The number of carbonyl (C=O) groups is 2. The normalized spacial score (nSPS) is 10.6. The molecule has 0 aliphatic carbocycles. The number of nitrogens with zero attached hydrogens (tertiary/aromatic N) is 7. The third-order valence-corrected chi connectivity index (χ3v) is 14.6. The Labute approximate surface area is 401 Å². The van der Waals surface area contributed by atoms with Gasteiger partial charge in [-0.15, -0.1) is 22.7 Å². The average Bonchev–Trinajstić information content (AvgIpc) is 4.08. The van der Waals surface area contributed by atoms with Gasteiger partial charge in [0.2, 0.25) is 0 Å². The maximum absolute atomic E-state index is 12.7. The fourth-order valence-electron chi connectivity index (χ4n) is 5.91. The summed E-state index contributed by atoms with van der Waals surface area (Å²) in [6.07, 6.45) is 6.18. The van der Waals surface area contributed by atoms with Crippen LogP contribution in [0.4, 0.5) is 13.2 Å². The molecule has 0 saturated heterocycles. The molecule has 0 atom stereocenters. The Morgan fingerprint density at radius 2 is 1.45 bits per heavy atom. The first-order chi connectivity index (χ1) is 30.8. The van der Waals surface area contributed by atoms with E-state index < -0.39 is 19.9 Å². The van der Waals surface area contributed by atoms with E-state index in [1.807, 2.05) is 18.2 Å². The second-order valence-electron chi connectivity index (χ2n) is 14.7. The number of rotatable bonds is 14. The van der Waals surface area contributed by atoms with Crippen LogP contribution >= 0.6 is 34.9 Å². The number of hydrogen-bond donors (Lipinski definition) is 0. The van der Waals surface area contributed by atoms with Crippen LogP contribution in [0.2, 0.25) is 19.6 Å². The average molecular weight is 1040 g/mol. The van der Waals surface area contributed by atoms with Crippen molar-refractivity contribution >= 4 is 65.6 Å². The molecule has 7 heterocycles. The summed E-state index contributed by atoms with van der Waals surface area (Å²) in [5, 5.41) is 17.4. The Balaban J connectivity index is 0.000000285. The molecule has 0 aliphatic heterocycles. The molecule has 7 aromatic rings. The smallest absolute Gasteiger partial charge is 0.753 e. The number of thiophene rings is 2. The quantitative estimate of drug-likeness (QED) is 0.0255. The number of pyridine rings is 4. The molecule has 7 aromatic heterocycles. The molecular weight excluding hydrogens is 997 g/mol. The monoisotopic (exact) mass is 1040 g/mol. The minimum Gasteiger partial charge on any atom is -0.753 e. The van der Waals surface area contributed by atoms with Crippen LogP contribution in [0, 0.1) is 11.8 Å². The van der Waals surface area contributed by atoms with Crippen molar-refractivity contribution in [2.45, 2.75) is 64.8 Å². The van der Waals surface area contributed by atoms with E-state index in [0.717, 1.165) is 33.4 Å². The second kappa shape index (κ2) is 25.0. The number of ether oxygens (including phenoxy) is 2. The second-order valence-corrected chi connectivity index (χ2v) is 22.3. The van der Waals surface area contributed by atoms with E-state index in [1.54, 1.807) is 65.4 Å². The first kappa shape index (κ1) is 51.8. The van der Waals surface area contributed by atoms with Gasteiger partial charge in [-0.2, -0.15) is 18.3 Å². The topological polar surface area (TPSA) is 153 Å². The molecule has 11 nitrogen and oxygen atoms in total. The van der Waals surface area contributed by atoms with Gasteiger partial charge in [0, 0.05) is 47.2 Å². The van der Waals surface area contributed by atoms with Crippen LogP contribution in [0.1, 0.15) is 54.3 Å². The first-order valence-electron chi connectivity index (χ1n) is 19.7. The summed E-state index contributed by atoms with van der Waals surface area (Å²) in [5.41, 5.74) is 4.44. The number of alkyl halides is 3. The van der Waals surface area contributed by atoms with E-state index in [1.165, 1.54) is 47.1 Å². The molecule has 0 bridgehead atoms. The van der Waals surface area contributed by atoms with Gasteiger partial charge >= 0.3 is 25.7 Å². The van der Waals surface area contributed by atoms with Crippen LogP contribution < -0.4 is 19.1 Å². The molecule has 65 heavy (non-hydrogen) atoms. The molecule has 0 amide bonds. The van der Waals surface area contributed by atoms with E-state index in [4.69, 9.17) is 14.9 Å². The summed E-state index contributed by atoms with van der Waals surface area (Å²) in [7, 11) is -1.39. The molecule has 0 aliphatic rings. The van der Waals surface area contributed by atoms with E-state index in [9.17, 15) is 22.8 Å². The number of aryl methyl sites for hydroxylation is 1. The summed E-state index contributed by atoms with van der Waals surface area (Å²) in [5.74, 6) is 7.16. The van der Waals surface area contributed by atoms with Gasteiger partial charge in [0.25, 0.3) is 12.9 Å². The molecule has 19 heteroatoms. The van der Waals surface area contributed by atoms with Gasteiger partial charge in [-0.1, -0.05) is 81.6 Å². The van der Waals surface area contributed by atoms with Gasteiger partial charge in [-0.25, -0.2) is 4.98 Å². The molecule has 0 unspecified atom stereocenters. The molecule has 0 fully saturated rings. The van der Waals surface area contributed by atoms with Crippen molar-refractivity contribution in [1.82, 2.24) is 30.1 Å². The van der Waals surface area contributed by atoms with Gasteiger partial charge in [-0.05, 0) is 82.4 Å². The molecule has 0 N–H and O–H groups in total. The number of carbonyl (C=O) groups excluding carboxylic acids is 2.